The fourth-order valence-corrected chi connectivity index (χ4v) is 4.42. The maximum absolute atomic E-state index is 12.9. The first kappa shape index (κ1) is 22.0. The number of benzene rings is 2. The van der Waals surface area contributed by atoms with Gasteiger partial charge in [-0.05, 0) is 37.1 Å². The molecule has 2 aromatic carbocycles. The fourth-order valence-electron chi connectivity index (χ4n) is 3.00. The van der Waals surface area contributed by atoms with Crippen molar-refractivity contribution in [3.8, 4) is 5.75 Å². The molecule has 2 atom stereocenters. The Morgan fingerprint density at radius 3 is 2.36 bits per heavy atom. The van der Waals surface area contributed by atoms with Gasteiger partial charge in [-0.15, -0.1) is 0 Å². The first-order valence-electron chi connectivity index (χ1n) is 8.87. The summed E-state index contributed by atoms with van der Waals surface area (Å²) in [5.74, 6) is 0.0270. The van der Waals surface area contributed by atoms with Crippen molar-refractivity contribution in [2.24, 2.45) is 0 Å². The van der Waals surface area contributed by atoms with Gasteiger partial charge in [0.25, 0.3) is 0 Å². The van der Waals surface area contributed by atoms with Gasteiger partial charge in [0.2, 0.25) is 15.9 Å². The normalized spacial score (nSPS) is 13.5. The molecule has 8 heteroatoms. The Bertz CT molecular complexity index is 919. The Morgan fingerprint density at radius 1 is 1.21 bits per heavy atom. The van der Waals surface area contributed by atoms with Crippen LogP contribution in [0.3, 0.4) is 0 Å². The van der Waals surface area contributed by atoms with Gasteiger partial charge in [-0.3, -0.25) is 9.10 Å². The summed E-state index contributed by atoms with van der Waals surface area (Å²) < 4.78 is 31.1. The molecule has 2 aromatic rings. The van der Waals surface area contributed by atoms with E-state index in [2.05, 4.69) is 5.32 Å². The van der Waals surface area contributed by atoms with Crippen LogP contribution in [0.1, 0.15) is 31.9 Å². The highest BCUT2D eigenvalue weighted by Crippen LogP contribution is 2.31. The zero-order chi connectivity index (χ0) is 20.9. The number of halogens is 1. The molecule has 0 aliphatic rings. The molecule has 0 saturated carbocycles. The highest BCUT2D eigenvalue weighted by Gasteiger charge is 2.30. The number of ether oxygens (including phenoxy) is 1. The highest BCUT2D eigenvalue weighted by molar-refractivity contribution is 7.92. The lowest BCUT2D eigenvalue weighted by molar-refractivity contribution is -0.122. The zero-order valence-electron chi connectivity index (χ0n) is 16.3. The van der Waals surface area contributed by atoms with Gasteiger partial charge in [0, 0.05) is 0 Å². The molecule has 28 heavy (non-hydrogen) atoms. The molecule has 1 amide bonds. The summed E-state index contributed by atoms with van der Waals surface area (Å²) in [5.41, 5.74) is 1.26. The van der Waals surface area contributed by atoms with E-state index in [0.29, 0.717) is 17.9 Å². The minimum atomic E-state index is -3.73. The second-order valence-electron chi connectivity index (χ2n) is 6.43. The minimum absolute atomic E-state index is 0.211. The van der Waals surface area contributed by atoms with Gasteiger partial charge in [0.1, 0.15) is 11.8 Å². The molecular formula is C20H25ClN2O4S. The van der Waals surface area contributed by atoms with Crippen molar-refractivity contribution in [2.45, 2.75) is 32.4 Å². The van der Waals surface area contributed by atoms with Crippen molar-refractivity contribution in [2.75, 3.05) is 17.7 Å². The summed E-state index contributed by atoms with van der Waals surface area (Å²) in [6.07, 6.45) is 1.74. The number of carbonyl (C=O) groups excluding carboxylic acids is 1. The lowest BCUT2D eigenvalue weighted by Crippen LogP contribution is -2.48. The number of methoxy groups -OCH3 is 1. The zero-order valence-corrected chi connectivity index (χ0v) is 17.9. The van der Waals surface area contributed by atoms with E-state index in [9.17, 15) is 13.2 Å². The van der Waals surface area contributed by atoms with E-state index in [1.165, 1.54) is 13.2 Å². The number of nitrogens with one attached hydrogen (secondary N) is 1. The van der Waals surface area contributed by atoms with Crippen LogP contribution >= 0.6 is 11.6 Å². The van der Waals surface area contributed by atoms with Crippen molar-refractivity contribution < 1.29 is 17.9 Å². The Hall–Kier alpha value is -2.25. The van der Waals surface area contributed by atoms with Crippen LogP contribution in [0, 0.1) is 0 Å². The minimum Gasteiger partial charge on any atom is -0.495 e. The van der Waals surface area contributed by atoms with Gasteiger partial charge in [-0.2, -0.15) is 0 Å². The van der Waals surface area contributed by atoms with Gasteiger partial charge in [0.05, 0.1) is 30.1 Å². The number of nitrogens with zero attached hydrogens (tertiary/aromatic N) is 1. The van der Waals surface area contributed by atoms with Crippen LogP contribution in [-0.2, 0) is 14.8 Å². The van der Waals surface area contributed by atoms with E-state index in [4.69, 9.17) is 16.3 Å². The topological polar surface area (TPSA) is 75.7 Å². The molecular weight excluding hydrogens is 400 g/mol. The van der Waals surface area contributed by atoms with Crippen molar-refractivity contribution in [1.29, 1.82) is 0 Å². The Labute approximate surface area is 171 Å². The molecule has 152 valence electrons. The number of carbonyl (C=O) groups is 1. The fraction of sp³-hybridized carbons (Fsp3) is 0.350. The van der Waals surface area contributed by atoms with Crippen molar-refractivity contribution in [1.82, 2.24) is 5.32 Å². The first-order valence-corrected chi connectivity index (χ1v) is 11.1. The summed E-state index contributed by atoms with van der Waals surface area (Å²) in [6, 6.07) is 13.0. The molecule has 0 aliphatic heterocycles. The molecule has 0 unspecified atom stereocenters. The van der Waals surface area contributed by atoms with Gasteiger partial charge >= 0.3 is 0 Å². The lowest BCUT2D eigenvalue weighted by atomic mass is 10.0. The molecule has 0 fully saturated rings. The first-order chi connectivity index (χ1) is 13.2. The maximum atomic E-state index is 12.9. The quantitative estimate of drug-likeness (QED) is 0.699. The second kappa shape index (κ2) is 9.30. The van der Waals surface area contributed by atoms with E-state index in [0.717, 1.165) is 16.1 Å². The molecule has 0 aliphatic carbocycles. The molecule has 0 heterocycles. The molecule has 0 bridgehead atoms. The van der Waals surface area contributed by atoms with Crippen molar-refractivity contribution >= 4 is 33.2 Å². The van der Waals surface area contributed by atoms with E-state index in [1.54, 1.807) is 19.1 Å². The van der Waals surface area contributed by atoms with Gasteiger partial charge in [-0.1, -0.05) is 48.9 Å². The Kier molecular flexibility index (Phi) is 7.32. The van der Waals surface area contributed by atoms with E-state index >= 15 is 0 Å². The summed E-state index contributed by atoms with van der Waals surface area (Å²) in [7, 11) is -2.26. The molecule has 0 spiro atoms. The summed E-state index contributed by atoms with van der Waals surface area (Å²) in [5, 5.41) is 3.20. The van der Waals surface area contributed by atoms with Crippen LogP contribution in [0.15, 0.2) is 48.5 Å². The summed E-state index contributed by atoms with van der Waals surface area (Å²) >= 11 is 6.15. The summed E-state index contributed by atoms with van der Waals surface area (Å²) in [6.45, 7) is 3.51. The Balaban J connectivity index is 2.31. The standard InChI is InChI=1S/C20H25ClN2O4S/c1-5-18(15-9-7-6-8-10-15)22-20(24)14(2)23(28(4,25)26)16-11-12-19(27-3)17(21)13-16/h6-14,18H,5H2,1-4H3,(H,22,24)/t14-,18+/m1/s1. The average Bonchev–Trinajstić information content (AvgIpc) is 2.65. The average molecular weight is 425 g/mol. The monoisotopic (exact) mass is 424 g/mol. The predicted molar refractivity (Wildman–Crippen MR) is 112 cm³/mol. The number of amides is 1. The van der Waals surface area contributed by atoms with Gasteiger partial charge in [0.15, 0.2) is 0 Å². The number of hydrogen-bond acceptors (Lipinski definition) is 4. The molecule has 0 saturated heterocycles. The smallest absolute Gasteiger partial charge is 0.244 e. The number of hydrogen-bond donors (Lipinski definition) is 1. The third kappa shape index (κ3) is 5.17. The largest absolute Gasteiger partial charge is 0.495 e. The van der Waals surface area contributed by atoms with Crippen LogP contribution in [0.4, 0.5) is 5.69 Å². The van der Waals surface area contributed by atoms with Crippen molar-refractivity contribution in [3.05, 3.63) is 59.1 Å². The third-order valence-electron chi connectivity index (χ3n) is 4.41. The van der Waals surface area contributed by atoms with Crippen LogP contribution < -0.4 is 14.4 Å². The number of rotatable bonds is 8. The van der Waals surface area contributed by atoms with E-state index in [-0.39, 0.29) is 11.1 Å². The number of anilines is 1. The van der Waals surface area contributed by atoms with Crippen molar-refractivity contribution in [3.63, 3.8) is 0 Å². The third-order valence-corrected chi connectivity index (χ3v) is 5.94. The Morgan fingerprint density at radius 2 is 1.86 bits per heavy atom. The lowest BCUT2D eigenvalue weighted by Gasteiger charge is -2.30. The van der Waals surface area contributed by atoms with Crippen LogP contribution in [0.2, 0.25) is 5.02 Å². The maximum Gasteiger partial charge on any atom is 0.244 e. The van der Waals surface area contributed by atoms with Crippen LogP contribution in [0.25, 0.3) is 0 Å². The molecule has 6 nitrogen and oxygen atoms in total. The highest BCUT2D eigenvalue weighted by atomic mass is 35.5. The molecule has 1 N–H and O–H groups in total. The predicted octanol–water partition coefficient (Wildman–Crippen LogP) is 3.77. The molecule has 2 rings (SSSR count). The van der Waals surface area contributed by atoms with Crippen LogP contribution in [0.5, 0.6) is 5.75 Å². The van der Waals surface area contributed by atoms with E-state index < -0.39 is 22.0 Å². The molecule has 0 radical (unpaired) electrons. The van der Waals surface area contributed by atoms with Gasteiger partial charge in [-0.25, -0.2) is 8.42 Å². The second-order valence-corrected chi connectivity index (χ2v) is 8.70. The molecule has 0 aromatic heterocycles. The van der Waals surface area contributed by atoms with E-state index in [1.807, 2.05) is 37.3 Å². The van der Waals surface area contributed by atoms with Crippen LogP contribution in [-0.4, -0.2) is 33.7 Å². The number of sulfonamides is 1. The SMILES string of the molecule is CC[C@H](NC(=O)[C@@H](C)N(c1ccc(OC)c(Cl)c1)S(C)(=O)=O)c1ccccc1. The van der Waals surface area contributed by atoms with Gasteiger partial charge < -0.3 is 10.1 Å². The summed E-state index contributed by atoms with van der Waals surface area (Å²) in [4.78, 5) is 12.9.